The Morgan fingerprint density at radius 1 is 0.789 bits per heavy atom. The van der Waals surface area contributed by atoms with Gasteiger partial charge in [-0.2, -0.15) is 26.3 Å². The van der Waals surface area contributed by atoms with Crippen molar-refractivity contribution >= 4 is 23.2 Å². The molecule has 1 aliphatic heterocycles. The lowest BCUT2D eigenvalue weighted by Gasteiger charge is -2.23. The van der Waals surface area contributed by atoms with Crippen LogP contribution in [-0.4, -0.2) is 42.1 Å². The number of halogens is 6. The molecule has 0 radical (unpaired) electrons. The lowest BCUT2D eigenvalue weighted by Crippen LogP contribution is -2.31. The first-order valence-corrected chi connectivity index (χ1v) is 11.8. The Hall–Kier alpha value is -3.80. The van der Waals surface area contributed by atoms with Crippen molar-refractivity contribution in [3.8, 4) is 0 Å². The summed E-state index contributed by atoms with van der Waals surface area (Å²) in [6.07, 6.45) is -6.55. The van der Waals surface area contributed by atoms with Crippen molar-refractivity contribution < 1.29 is 31.1 Å². The number of hydrogen-bond donors (Lipinski definition) is 2. The van der Waals surface area contributed by atoms with Crippen molar-refractivity contribution in [3.63, 3.8) is 0 Å². The van der Waals surface area contributed by atoms with E-state index in [1.165, 1.54) is 30.5 Å². The van der Waals surface area contributed by atoms with Crippen molar-refractivity contribution in [2.75, 3.05) is 41.7 Å². The fourth-order valence-electron chi connectivity index (χ4n) is 4.15. The molecule has 2 aromatic carbocycles. The minimum absolute atomic E-state index is 0.208. The average Bonchev–Trinajstić information content (AvgIpc) is 3.09. The summed E-state index contributed by atoms with van der Waals surface area (Å²) < 4.78 is 77.0. The summed E-state index contributed by atoms with van der Waals surface area (Å²) in [4.78, 5) is 20.8. The first-order chi connectivity index (χ1) is 18.0. The van der Waals surface area contributed by atoms with Crippen LogP contribution in [0.4, 0.5) is 48.3 Å². The van der Waals surface area contributed by atoms with E-state index in [1.807, 2.05) is 0 Å². The second kappa shape index (κ2) is 11.3. The number of rotatable bonds is 5. The first kappa shape index (κ1) is 27.2. The van der Waals surface area contributed by atoms with E-state index in [0.717, 1.165) is 31.2 Å². The number of benzene rings is 2. The molecule has 0 unspecified atom stereocenters. The number of amides is 2. The molecule has 1 aromatic heterocycles. The van der Waals surface area contributed by atoms with Crippen LogP contribution in [-0.2, 0) is 18.9 Å². The zero-order chi connectivity index (χ0) is 27.3. The highest BCUT2D eigenvalue weighted by atomic mass is 19.4. The van der Waals surface area contributed by atoms with E-state index in [-0.39, 0.29) is 5.69 Å². The molecule has 1 saturated heterocycles. The van der Waals surface area contributed by atoms with E-state index in [2.05, 4.69) is 25.4 Å². The van der Waals surface area contributed by atoms with Gasteiger partial charge in [0.25, 0.3) is 0 Å². The Bertz CT molecular complexity index is 1230. The average molecular weight is 538 g/mol. The van der Waals surface area contributed by atoms with Crippen LogP contribution in [0.3, 0.4) is 0 Å². The highest BCUT2D eigenvalue weighted by molar-refractivity contribution is 5.99. The van der Waals surface area contributed by atoms with E-state index in [0.29, 0.717) is 43.2 Å². The third-order valence-electron chi connectivity index (χ3n) is 6.05. The maximum Gasteiger partial charge on any atom is 0.416 e. The van der Waals surface area contributed by atoms with Gasteiger partial charge in [0.2, 0.25) is 0 Å². The Morgan fingerprint density at radius 3 is 2.13 bits per heavy atom. The van der Waals surface area contributed by atoms with Gasteiger partial charge in [-0.15, -0.1) is 0 Å². The molecule has 3 aromatic rings. The summed E-state index contributed by atoms with van der Waals surface area (Å²) in [5.41, 5.74) is -0.247. The molecule has 1 aliphatic rings. The molecule has 2 N–H and O–H groups in total. The standard InChI is InChI=1S/C26H25F6N5O/c27-25(28,29)19-5-7-21(8-6-19)34-24(38)35-22-9-10-23(33-16-22)37-12-2-11-36(13-14-37)17-18-3-1-4-20(15-18)26(30,31)32/h1,3-10,15-16H,2,11-14,17H2,(H2,34,35,38). The molecule has 38 heavy (non-hydrogen) atoms. The lowest BCUT2D eigenvalue weighted by molar-refractivity contribution is -0.138. The summed E-state index contributed by atoms with van der Waals surface area (Å²) >= 11 is 0. The van der Waals surface area contributed by atoms with Crippen molar-refractivity contribution in [1.29, 1.82) is 0 Å². The summed E-state index contributed by atoms with van der Waals surface area (Å²) in [5, 5.41) is 5.05. The van der Waals surface area contributed by atoms with Gasteiger partial charge in [-0.3, -0.25) is 4.90 Å². The second-order valence-corrected chi connectivity index (χ2v) is 8.87. The van der Waals surface area contributed by atoms with Crippen LogP contribution in [0.5, 0.6) is 0 Å². The zero-order valence-electron chi connectivity index (χ0n) is 20.1. The molecule has 2 heterocycles. The number of pyridine rings is 1. The number of urea groups is 1. The smallest absolute Gasteiger partial charge is 0.355 e. The predicted molar refractivity (Wildman–Crippen MR) is 132 cm³/mol. The van der Waals surface area contributed by atoms with Crippen molar-refractivity contribution in [1.82, 2.24) is 9.88 Å². The fraction of sp³-hybridized carbons (Fsp3) is 0.308. The van der Waals surface area contributed by atoms with Crippen LogP contribution in [0.1, 0.15) is 23.1 Å². The van der Waals surface area contributed by atoms with Gasteiger partial charge in [0.1, 0.15) is 5.82 Å². The number of carbonyl (C=O) groups is 1. The van der Waals surface area contributed by atoms with E-state index < -0.39 is 29.5 Å². The number of aromatic nitrogens is 1. The molecule has 6 nitrogen and oxygen atoms in total. The zero-order valence-corrected chi connectivity index (χ0v) is 20.1. The van der Waals surface area contributed by atoms with Crippen molar-refractivity contribution in [3.05, 3.63) is 83.6 Å². The largest absolute Gasteiger partial charge is 0.416 e. The van der Waals surface area contributed by atoms with Crippen LogP contribution in [0.25, 0.3) is 0 Å². The SMILES string of the molecule is O=C(Nc1ccc(C(F)(F)F)cc1)Nc1ccc(N2CCCN(Cc3cccc(C(F)(F)F)c3)CC2)nc1. The lowest BCUT2D eigenvalue weighted by atomic mass is 10.1. The van der Waals surface area contributed by atoms with Gasteiger partial charge >= 0.3 is 18.4 Å². The molecule has 2 amide bonds. The van der Waals surface area contributed by atoms with Crippen LogP contribution in [0, 0.1) is 0 Å². The number of nitrogens with zero attached hydrogens (tertiary/aromatic N) is 3. The van der Waals surface area contributed by atoms with Gasteiger partial charge in [0, 0.05) is 38.4 Å². The molecule has 0 atom stereocenters. The topological polar surface area (TPSA) is 60.5 Å². The van der Waals surface area contributed by atoms with Gasteiger partial charge in [-0.25, -0.2) is 9.78 Å². The highest BCUT2D eigenvalue weighted by Gasteiger charge is 2.31. The maximum atomic E-state index is 13.0. The number of anilines is 3. The van der Waals surface area contributed by atoms with Crippen LogP contribution < -0.4 is 15.5 Å². The number of hydrogen-bond acceptors (Lipinski definition) is 4. The van der Waals surface area contributed by atoms with Crippen molar-refractivity contribution in [2.45, 2.75) is 25.3 Å². The second-order valence-electron chi connectivity index (χ2n) is 8.87. The van der Waals surface area contributed by atoms with Gasteiger partial charge in [0.05, 0.1) is 23.0 Å². The first-order valence-electron chi connectivity index (χ1n) is 11.8. The van der Waals surface area contributed by atoms with Crippen LogP contribution in [0.2, 0.25) is 0 Å². The molecule has 0 saturated carbocycles. The van der Waals surface area contributed by atoms with Crippen molar-refractivity contribution in [2.24, 2.45) is 0 Å². The Morgan fingerprint density at radius 2 is 1.47 bits per heavy atom. The summed E-state index contributed by atoms with van der Waals surface area (Å²) in [5.74, 6) is 0.694. The number of alkyl halides is 6. The summed E-state index contributed by atoms with van der Waals surface area (Å²) in [6, 6.07) is 12.3. The van der Waals surface area contributed by atoms with E-state index in [9.17, 15) is 31.1 Å². The number of carbonyl (C=O) groups excluding carboxylic acids is 1. The molecule has 0 aliphatic carbocycles. The van der Waals surface area contributed by atoms with E-state index >= 15 is 0 Å². The Balaban J connectivity index is 1.29. The monoisotopic (exact) mass is 537 g/mol. The highest BCUT2D eigenvalue weighted by Crippen LogP contribution is 2.31. The molecule has 202 valence electrons. The summed E-state index contributed by atoms with van der Waals surface area (Å²) in [7, 11) is 0. The molecule has 12 heteroatoms. The normalized spacial score (nSPS) is 15.2. The third kappa shape index (κ3) is 7.37. The van der Waals surface area contributed by atoms with E-state index in [1.54, 1.807) is 18.2 Å². The van der Waals surface area contributed by atoms with Crippen LogP contribution in [0.15, 0.2) is 66.9 Å². The number of nitrogens with one attached hydrogen (secondary N) is 2. The molecule has 1 fully saturated rings. The molecule has 0 spiro atoms. The summed E-state index contributed by atoms with van der Waals surface area (Å²) in [6.45, 7) is 3.15. The van der Waals surface area contributed by atoms with Gasteiger partial charge < -0.3 is 15.5 Å². The molecule has 0 bridgehead atoms. The van der Waals surface area contributed by atoms with Gasteiger partial charge in [0.15, 0.2) is 0 Å². The fourth-order valence-corrected chi connectivity index (χ4v) is 4.15. The molecular weight excluding hydrogens is 512 g/mol. The quantitative estimate of drug-likeness (QED) is 0.366. The maximum absolute atomic E-state index is 13.0. The predicted octanol–water partition coefficient (Wildman–Crippen LogP) is 6.48. The third-order valence-corrected chi connectivity index (χ3v) is 6.05. The Kier molecular flexibility index (Phi) is 8.10. The minimum atomic E-state index is -4.46. The minimum Gasteiger partial charge on any atom is -0.355 e. The van der Waals surface area contributed by atoms with Gasteiger partial charge in [-0.05, 0) is 54.4 Å². The van der Waals surface area contributed by atoms with Gasteiger partial charge in [-0.1, -0.05) is 18.2 Å². The molecular formula is C26H25F6N5O. The van der Waals surface area contributed by atoms with E-state index in [4.69, 9.17) is 0 Å². The van der Waals surface area contributed by atoms with Crippen LogP contribution >= 0.6 is 0 Å². The molecule has 4 rings (SSSR count). The Labute approximate surface area is 215 Å².